The van der Waals surface area contributed by atoms with E-state index < -0.39 is 18.9 Å². The van der Waals surface area contributed by atoms with Gasteiger partial charge in [-0.15, -0.1) is 0 Å². The molecule has 0 aliphatic carbocycles. The van der Waals surface area contributed by atoms with Crippen LogP contribution in [0.15, 0.2) is 0 Å². The van der Waals surface area contributed by atoms with Crippen LogP contribution in [-0.4, -0.2) is 24.7 Å². The third-order valence-electron chi connectivity index (χ3n) is 1.27. The van der Waals surface area contributed by atoms with Crippen molar-refractivity contribution in [2.45, 2.75) is 32.5 Å². The molecule has 0 amide bonds. The van der Waals surface area contributed by atoms with Gasteiger partial charge in [0.1, 0.15) is 12.7 Å². The van der Waals surface area contributed by atoms with Gasteiger partial charge < -0.3 is 4.74 Å². The molecule has 0 spiro atoms. The number of hydrogen-bond donors (Lipinski definition) is 0. The maximum atomic E-state index is 11.6. The molecule has 5 heteroatoms. The highest BCUT2D eigenvalue weighted by Gasteiger charge is 2.29. The highest BCUT2D eigenvalue weighted by molar-refractivity contribution is 5.80. The standard InChI is InChI=1S/C7H11F3O2/c1-3-6(5(2)11)12-4-7(8,9)10/h6H,3-4H2,1-2H3/t6-/m0/s1. The number of hydrogen-bond acceptors (Lipinski definition) is 2. The molecule has 0 aliphatic heterocycles. The molecule has 0 N–H and O–H groups in total. The summed E-state index contributed by atoms with van der Waals surface area (Å²) in [5, 5.41) is 0. The zero-order chi connectivity index (χ0) is 9.78. The van der Waals surface area contributed by atoms with E-state index in [0.717, 1.165) is 0 Å². The fourth-order valence-corrected chi connectivity index (χ4v) is 0.718. The van der Waals surface area contributed by atoms with Crippen molar-refractivity contribution in [1.82, 2.24) is 0 Å². The van der Waals surface area contributed by atoms with Gasteiger partial charge in [-0.3, -0.25) is 4.79 Å². The first-order valence-corrected chi connectivity index (χ1v) is 3.55. The van der Waals surface area contributed by atoms with E-state index in [-0.39, 0.29) is 12.2 Å². The van der Waals surface area contributed by atoms with Crippen LogP contribution in [0.2, 0.25) is 0 Å². The van der Waals surface area contributed by atoms with Crippen LogP contribution in [0.1, 0.15) is 20.3 Å². The van der Waals surface area contributed by atoms with Crippen molar-refractivity contribution >= 4 is 5.78 Å². The number of ether oxygens (including phenoxy) is 1. The second-order valence-corrected chi connectivity index (χ2v) is 2.43. The SMILES string of the molecule is CC[C@H](OCC(F)(F)F)C(C)=O. The largest absolute Gasteiger partial charge is 0.411 e. The van der Waals surface area contributed by atoms with Gasteiger partial charge >= 0.3 is 6.18 Å². The first kappa shape index (κ1) is 11.4. The van der Waals surface area contributed by atoms with Crippen molar-refractivity contribution in [2.75, 3.05) is 6.61 Å². The minimum Gasteiger partial charge on any atom is -0.361 e. The lowest BCUT2D eigenvalue weighted by atomic mass is 10.2. The van der Waals surface area contributed by atoms with Gasteiger partial charge in [0.25, 0.3) is 0 Å². The fourth-order valence-electron chi connectivity index (χ4n) is 0.718. The van der Waals surface area contributed by atoms with Gasteiger partial charge in [0, 0.05) is 0 Å². The molecule has 0 saturated heterocycles. The molecule has 72 valence electrons. The van der Waals surface area contributed by atoms with Crippen molar-refractivity contribution in [3.63, 3.8) is 0 Å². The molecular weight excluding hydrogens is 173 g/mol. The molecule has 0 radical (unpaired) electrons. The molecule has 0 rings (SSSR count). The van der Waals surface area contributed by atoms with E-state index in [0.29, 0.717) is 0 Å². The molecule has 0 saturated carbocycles. The molecule has 0 aliphatic rings. The summed E-state index contributed by atoms with van der Waals surface area (Å²) >= 11 is 0. The lowest BCUT2D eigenvalue weighted by molar-refractivity contribution is -0.186. The van der Waals surface area contributed by atoms with Crippen LogP contribution in [-0.2, 0) is 9.53 Å². The molecule has 0 bridgehead atoms. The Morgan fingerprint density at radius 1 is 1.50 bits per heavy atom. The maximum Gasteiger partial charge on any atom is 0.411 e. The summed E-state index contributed by atoms with van der Waals surface area (Å²) in [6.45, 7) is 1.46. The molecular formula is C7H11F3O2. The second kappa shape index (κ2) is 4.45. The number of rotatable bonds is 4. The minimum atomic E-state index is -4.36. The Kier molecular flexibility index (Phi) is 4.23. The molecule has 0 fully saturated rings. The zero-order valence-electron chi connectivity index (χ0n) is 6.94. The van der Waals surface area contributed by atoms with Crippen LogP contribution in [0.25, 0.3) is 0 Å². The van der Waals surface area contributed by atoms with E-state index in [1.807, 2.05) is 0 Å². The quantitative estimate of drug-likeness (QED) is 0.667. The van der Waals surface area contributed by atoms with Crippen LogP contribution >= 0.6 is 0 Å². The van der Waals surface area contributed by atoms with E-state index in [4.69, 9.17) is 0 Å². The summed E-state index contributed by atoms with van der Waals surface area (Å²) in [6, 6.07) is 0. The van der Waals surface area contributed by atoms with Gasteiger partial charge in [-0.25, -0.2) is 0 Å². The summed E-state index contributed by atoms with van der Waals surface area (Å²) in [6.07, 6.45) is -5.01. The molecule has 2 nitrogen and oxygen atoms in total. The summed E-state index contributed by atoms with van der Waals surface area (Å²) < 4.78 is 39.1. The lowest BCUT2D eigenvalue weighted by Gasteiger charge is -2.13. The fraction of sp³-hybridized carbons (Fsp3) is 0.857. The molecule has 12 heavy (non-hydrogen) atoms. The van der Waals surface area contributed by atoms with Crippen molar-refractivity contribution in [2.24, 2.45) is 0 Å². The lowest BCUT2D eigenvalue weighted by Crippen LogP contribution is -2.27. The third-order valence-corrected chi connectivity index (χ3v) is 1.27. The Hall–Kier alpha value is -0.580. The van der Waals surface area contributed by atoms with Gasteiger partial charge in [-0.05, 0) is 13.3 Å². The van der Waals surface area contributed by atoms with Crippen LogP contribution in [0.3, 0.4) is 0 Å². The third kappa shape index (κ3) is 5.12. The van der Waals surface area contributed by atoms with E-state index in [2.05, 4.69) is 4.74 Å². The maximum absolute atomic E-state index is 11.6. The number of halogens is 3. The van der Waals surface area contributed by atoms with Gasteiger partial charge in [0.2, 0.25) is 0 Å². The van der Waals surface area contributed by atoms with Gasteiger partial charge in [0.05, 0.1) is 0 Å². The Bertz CT molecular complexity index is 153. The minimum absolute atomic E-state index is 0.269. The highest BCUT2D eigenvalue weighted by Crippen LogP contribution is 2.16. The van der Waals surface area contributed by atoms with Crippen LogP contribution in [0.5, 0.6) is 0 Å². The normalized spacial score (nSPS) is 14.4. The summed E-state index contributed by atoms with van der Waals surface area (Å²) in [5.74, 6) is -0.373. The first-order chi connectivity index (χ1) is 5.37. The molecule has 0 aromatic carbocycles. The van der Waals surface area contributed by atoms with E-state index in [1.165, 1.54) is 6.92 Å². The Morgan fingerprint density at radius 2 is 2.00 bits per heavy atom. The number of alkyl halides is 3. The van der Waals surface area contributed by atoms with Gasteiger partial charge in [-0.1, -0.05) is 6.92 Å². The summed E-state index contributed by atoms with van der Waals surface area (Å²) in [4.78, 5) is 10.6. The smallest absolute Gasteiger partial charge is 0.361 e. The van der Waals surface area contributed by atoms with E-state index >= 15 is 0 Å². The van der Waals surface area contributed by atoms with Crippen LogP contribution in [0, 0.1) is 0 Å². The number of Topliss-reactive ketones (excluding diaryl/α,β-unsaturated/α-hetero) is 1. The van der Waals surface area contributed by atoms with Crippen LogP contribution < -0.4 is 0 Å². The second-order valence-electron chi connectivity index (χ2n) is 2.43. The Morgan fingerprint density at radius 3 is 2.25 bits per heavy atom. The average Bonchev–Trinajstić information content (AvgIpc) is 1.85. The topological polar surface area (TPSA) is 26.3 Å². The van der Waals surface area contributed by atoms with Crippen molar-refractivity contribution < 1.29 is 22.7 Å². The van der Waals surface area contributed by atoms with Crippen LogP contribution in [0.4, 0.5) is 13.2 Å². The molecule has 0 unspecified atom stereocenters. The highest BCUT2D eigenvalue weighted by atomic mass is 19.4. The number of ketones is 1. The summed E-state index contributed by atoms with van der Waals surface area (Å²) in [7, 11) is 0. The van der Waals surface area contributed by atoms with Gasteiger partial charge in [-0.2, -0.15) is 13.2 Å². The first-order valence-electron chi connectivity index (χ1n) is 3.55. The van der Waals surface area contributed by atoms with Crippen molar-refractivity contribution in [3.05, 3.63) is 0 Å². The molecule has 0 aromatic heterocycles. The van der Waals surface area contributed by atoms with Gasteiger partial charge in [0.15, 0.2) is 5.78 Å². The van der Waals surface area contributed by atoms with E-state index in [1.54, 1.807) is 6.92 Å². The molecule has 1 atom stereocenters. The monoisotopic (exact) mass is 184 g/mol. The molecule has 0 heterocycles. The number of carbonyl (C=O) groups is 1. The van der Waals surface area contributed by atoms with Crippen molar-refractivity contribution in [3.8, 4) is 0 Å². The average molecular weight is 184 g/mol. The zero-order valence-corrected chi connectivity index (χ0v) is 6.94. The Labute approximate surface area is 68.7 Å². The van der Waals surface area contributed by atoms with Crippen molar-refractivity contribution in [1.29, 1.82) is 0 Å². The molecule has 0 aromatic rings. The Balaban J connectivity index is 3.81. The predicted octanol–water partition coefficient (Wildman–Crippen LogP) is 1.93. The summed E-state index contributed by atoms with van der Waals surface area (Å²) in [5.41, 5.74) is 0. The number of carbonyl (C=O) groups excluding carboxylic acids is 1. The predicted molar refractivity (Wildman–Crippen MR) is 36.8 cm³/mol. The van der Waals surface area contributed by atoms with E-state index in [9.17, 15) is 18.0 Å².